The summed E-state index contributed by atoms with van der Waals surface area (Å²) in [5.41, 5.74) is 2.36. The van der Waals surface area contributed by atoms with Crippen LogP contribution in [-0.4, -0.2) is 18.1 Å². The van der Waals surface area contributed by atoms with Crippen molar-refractivity contribution in [1.29, 1.82) is 0 Å². The van der Waals surface area contributed by atoms with Gasteiger partial charge in [0.15, 0.2) is 0 Å². The number of aromatic nitrogens is 1. The Balaban J connectivity index is 2.04. The summed E-state index contributed by atoms with van der Waals surface area (Å²) in [5, 5.41) is 3.30. The Morgan fingerprint density at radius 2 is 1.84 bits per heavy atom. The number of likely N-dealkylation sites (N-methyl/N-ethyl adjacent to an activating group) is 1. The molecule has 2 rings (SSSR count). The molecule has 1 heterocycles. The van der Waals surface area contributed by atoms with Gasteiger partial charge < -0.3 is 5.32 Å². The molecule has 2 aromatic rings. The van der Waals surface area contributed by atoms with Crippen LogP contribution in [0, 0.1) is 5.82 Å². The SMILES string of the molecule is CNC(Cc1ccncc1)Cc1ccc(F)c(Br)c1. The molecule has 0 bridgehead atoms. The fraction of sp³-hybridized carbons (Fsp3) is 0.267. The Labute approximate surface area is 121 Å². The highest BCUT2D eigenvalue weighted by Gasteiger charge is 2.09. The molecule has 0 aliphatic rings. The molecule has 1 atom stereocenters. The van der Waals surface area contributed by atoms with Crippen LogP contribution in [0.2, 0.25) is 0 Å². The molecule has 1 N–H and O–H groups in total. The number of benzene rings is 1. The van der Waals surface area contributed by atoms with Crippen molar-refractivity contribution in [2.24, 2.45) is 0 Å². The molecule has 0 saturated heterocycles. The quantitative estimate of drug-likeness (QED) is 0.913. The number of rotatable bonds is 5. The van der Waals surface area contributed by atoms with Crippen molar-refractivity contribution >= 4 is 15.9 Å². The van der Waals surface area contributed by atoms with Gasteiger partial charge in [0.25, 0.3) is 0 Å². The summed E-state index contributed by atoms with van der Waals surface area (Å²) >= 11 is 3.22. The summed E-state index contributed by atoms with van der Waals surface area (Å²) in [6, 6.07) is 9.53. The van der Waals surface area contributed by atoms with E-state index >= 15 is 0 Å². The van der Waals surface area contributed by atoms with Gasteiger partial charge in [-0.25, -0.2) is 4.39 Å². The summed E-state index contributed by atoms with van der Waals surface area (Å²) < 4.78 is 13.7. The van der Waals surface area contributed by atoms with Crippen LogP contribution in [0.5, 0.6) is 0 Å². The van der Waals surface area contributed by atoms with Gasteiger partial charge in [-0.05, 0) is 71.2 Å². The zero-order valence-electron chi connectivity index (χ0n) is 10.7. The lowest BCUT2D eigenvalue weighted by molar-refractivity contribution is 0.554. The third-order valence-electron chi connectivity index (χ3n) is 3.11. The van der Waals surface area contributed by atoms with Crippen molar-refractivity contribution in [2.75, 3.05) is 7.05 Å². The van der Waals surface area contributed by atoms with E-state index in [1.165, 1.54) is 11.6 Å². The second-order valence-electron chi connectivity index (χ2n) is 4.50. The van der Waals surface area contributed by atoms with Gasteiger partial charge in [0.2, 0.25) is 0 Å². The number of hydrogen-bond acceptors (Lipinski definition) is 2. The van der Waals surface area contributed by atoms with E-state index in [0.717, 1.165) is 18.4 Å². The van der Waals surface area contributed by atoms with E-state index in [0.29, 0.717) is 10.5 Å². The van der Waals surface area contributed by atoms with Crippen molar-refractivity contribution < 1.29 is 4.39 Å². The van der Waals surface area contributed by atoms with Crippen LogP contribution >= 0.6 is 15.9 Å². The number of nitrogens with zero attached hydrogens (tertiary/aromatic N) is 1. The smallest absolute Gasteiger partial charge is 0.137 e. The Morgan fingerprint density at radius 1 is 1.16 bits per heavy atom. The molecular weight excluding hydrogens is 307 g/mol. The number of hydrogen-bond donors (Lipinski definition) is 1. The van der Waals surface area contributed by atoms with Gasteiger partial charge in [-0.15, -0.1) is 0 Å². The van der Waals surface area contributed by atoms with Gasteiger partial charge in [0.1, 0.15) is 5.82 Å². The predicted molar refractivity (Wildman–Crippen MR) is 78.6 cm³/mol. The highest BCUT2D eigenvalue weighted by molar-refractivity contribution is 9.10. The maximum atomic E-state index is 13.2. The average molecular weight is 323 g/mol. The minimum absolute atomic E-state index is 0.223. The lowest BCUT2D eigenvalue weighted by Gasteiger charge is -2.16. The highest BCUT2D eigenvalue weighted by Crippen LogP contribution is 2.18. The van der Waals surface area contributed by atoms with Gasteiger partial charge in [-0.1, -0.05) is 6.07 Å². The van der Waals surface area contributed by atoms with Crippen molar-refractivity contribution in [3.63, 3.8) is 0 Å². The molecule has 1 aromatic heterocycles. The fourth-order valence-corrected chi connectivity index (χ4v) is 2.46. The highest BCUT2D eigenvalue weighted by atomic mass is 79.9. The van der Waals surface area contributed by atoms with Gasteiger partial charge >= 0.3 is 0 Å². The van der Waals surface area contributed by atoms with Gasteiger partial charge in [0, 0.05) is 18.4 Å². The van der Waals surface area contributed by atoms with E-state index < -0.39 is 0 Å². The molecule has 0 fully saturated rings. The monoisotopic (exact) mass is 322 g/mol. The Morgan fingerprint density at radius 3 is 2.47 bits per heavy atom. The summed E-state index contributed by atoms with van der Waals surface area (Å²) in [5.74, 6) is -0.223. The Hall–Kier alpha value is -1.26. The van der Waals surface area contributed by atoms with Gasteiger partial charge in [-0.3, -0.25) is 4.98 Å². The Kier molecular flexibility index (Phi) is 5.05. The van der Waals surface area contributed by atoms with Crippen molar-refractivity contribution in [3.05, 3.63) is 64.1 Å². The first-order valence-electron chi connectivity index (χ1n) is 6.19. The van der Waals surface area contributed by atoms with Crippen LogP contribution in [0.25, 0.3) is 0 Å². The predicted octanol–water partition coefficient (Wildman–Crippen LogP) is 3.36. The van der Waals surface area contributed by atoms with E-state index in [1.54, 1.807) is 12.4 Å². The molecule has 2 nitrogen and oxygen atoms in total. The molecule has 0 radical (unpaired) electrons. The van der Waals surface area contributed by atoms with Crippen LogP contribution in [0.4, 0.5) is 4.39 Å². The molecule has 0 aliphatic heterocycles. The molecule has 0 aliphatic carbocycles. The second kappa shape index (κ2) is 6.78. The zero-order chi connectivity index (χ0) is 13.7. The summed E-state index contributed by atoms with van der Waals surface area (Å²) in [6.45, 7) is 0. The van der Waals surface area contributed by atoms with E-state index in [2.05, 4.69) is 26.2 Å². The van der Waals surface area contributed by atoms with E-state index in [-0.39, 0.29) is 5.82 Å². The molecule has 4 heteroatoms. The largest absolute Gasteiger partial charge is 0.316 e. The first-order chi connectivity index (χ1) is 9.19. The van der Waals surface area contributed by atoms with E-state index in [9.17, 15) is 4.39 Å². The molecular formula is C15H16BrFN2. The zero-order valence-corrected chi connectivity index (χ0v) is 12.3. The molecule has 19 heavy (non-hydrogen) atoms. The van der Waals surface area contributed by atoms with Gasteiger partial charge in [0.05, 0.1) is 4.47 Å². The normalized spacial score (nSPS) is 12.4. The van der Waals surface area contributed by atoms with Crippen molar-refractivity contribution in [3.8, 4) is 0 Å². The number of pyridine rings is 1. The third-order valence-corrected chi connectivity index (χ3v) is 3.71. The van der Waals surface area contributed by atoms with Crippen LogP contribution in [0.3, 0.4) is 0 Å². The van der Waals surface area contributed by atoms with Gasteiger partial charge in [-0.2, -0.15) is 0 Å². The van der Waals surface area contributed by atoms with Crippen molar-refractivity contribution in [2.45, 2.75) is 18.9 Å². The summed E-state index contributed by atoms with van der Waals surface area (Å²) in [6.07, 6.45) is 5.39. The van der Waals surface area contributed by atoms with Crippen LogP contribution in [0.15, 0.2) is 47.2 Å². The van der Waals surface area contributed by atoms with E-state index in [1.807, 2.05) is 31.3 Å². The molecule has 100 valence electrons. The van der Waals surface area contributed by atoms with Crippen LogP contribution < -0.4 is 5.32 Å². The lowest BCUT2D eigenvalue weighted by atomic mass is 10.00. The molecule has 1 unspecified atom stereocenters. The van der Waals surface area contributed by atoms with E-state index in [4.69, 9.17) is 0 Å². The third kappa shape index (κ3) is 4.11. The fourth-order valence-electron chi connectivity index (χ4n) is 2.03. The van der Waals surface area contributed by atoms with Crippen LogP contribution in [0.1, 0.15) is 11.1 Å². The maximum absolute atomic E-state index is 13.2. The molecule has 0 saturated carbocycles. The van der Waals surface area contributed by atoms with Crippen LogP contribution in [-0.2, 0) is 12.8 Å². The maximum Gasteiger partial charge on any atom is 0.137 e. The standard InChI is InChI=1S/C15H16BrFN2/c1-18-13(8-11-4-6-19-7-5-11)9-12-2-3-15(17)14(16)10-12/h2-7,10,13,18H,8-9H2,1H3. The average Bonchev–Trinajstić information content (AvgIpc) is 2.43. The Bertz CT molecular complexity index is 531. The van der Waals surface area contributed by atoms with Crippen molar-refractivity contribution in [1.82, 2.24) is 10.3 Å². The topological polar surface area (TPSA) is 24.9 Å². The number of halogens is 2. The molecule has 0 spiro atoms. The molecule has 1 aromatic carbocycles. The summed E-state index contributed by atoms with van der Waals surface area (Å²) in [4.78, 5) is 4.02. The minimum Gasteiger partial charge on any atom is -0.316 e. The second-order valence-corrected chi connectivity index (χ2v) is 5.35. The summed E-state index contributed by atoms with van der Waals surface area (Å²) in [7, 11) is 1.95. The number of nitrogens with one attached hydrogen (secondary N) is 1. The first kappa shape index (κ1) is 14.2. The minimum atomic E-state index is -0.223. The molecule has 0 amide bonds. The lowest BCUT2D eigenvalue weighted by Crippen LogP contribution is -2.29. The first-order valence-corrected chi connectivity index (χ1v) is 6.98.